The summed E-state index contributed by atoms with van der Waals surface area (Å²) in [5, 5.41) is 22.5. The Hall–Kier alpha value is -8.04. The summed E-state index contributed by atoms with van der Waals surface area (Å²) in [5.41, 5.74) is 0.378. The number of benzene rings is 2. The number of likely N-dealkylation sites (tertiary alicyclic amines) is 1. The number of piperidine rings is 1. The molecule has 0 unspecified atom stereocenters. The molecule has 2 aliphatic rings. The summed E-state index contributed by atoms with van der Waals surface area (Å²) in [6.07, 6.45) is 1.08. The smallest absolute Gasteiger partial charge is 0.254 e. The number of amides is 12. The van der Waals surface area contributed by atoms with Crippen LogP contribution in [0.2, 0.25) is 0 Å². The molecule has 5 N–H and O–H groups in total. The van der Waals surface area contributed by atoms with Crippen molar-refractivity contribution in [2.24, 2.45) is 23.7 Å². The quantitative estimate of drug-likeness (QED) is 0.0979. The highest BCUT2D eigenvalue weighted by molar-refractivity contribution is 6.08. The Kier molecular flexibility index (Phi) is 35.3. The number of carbonyl (C=O) groups is 12. The number of ether oxygens (including phenoxy) is 2. The van der Waals surface area contributed by atoms with Crippen molar-refractivity contribution in [1.29, 1.82) is 0 Å². The number of hydrogen-bond donors (Lipinski definition) is 5. The molecule has 27 nitrogen and oxygen atoms in total. The van der Waals surface area contributed by atoms with Gasteiger partial charge in [0.1, 0.15) is 54.4 Å². The highest BCUT2D eigenvalue weighted by Gasteiger charge is 2.44. The van der Waals surface area contributed by atoms with E-state index in [4.69, 9.17) is 9.47 Å². The van der Waals surface area contributed by atoms with Crippen molar-refractivity contribution in [1.82, 2.24) is 60.5 Å². The molecule has 2 aromatic carbocycles. The molecule has 4 rings (SSSR count). The van der Waals surface area contributed by atoms with E-state index in [9.17, 15) is 38.7 Å². The Morgan fingerprint density at radius 3 is 1.39 bits per heavy atom. The molecule has 104 heavy (non-hydrogen) atoms. The Morgan fingerprint density at radius 2 is 0.913 bits per heavy atom. The maximum absolute atomic E-state index is 15.8. The van der Waals surface area contributed by atoms with E-state index in [0.29, 0.717) is 43.5 Å². The van der Waals surface area contributed by atoms with Gasteiger partial charge < -0.3 is 75.0 Å². The Morgan fingerprint density at radius 1 is 0.481 bits per heavy atom. The number of aliphatic hydroxyl groups is 1. The van der Waals surface area contributed by atoms with E-state index in [1.807, 2.05) is 55.4 Å². The first-order chi connectivity index (χ1) is 48.7. The van der Waals surface area contributed by atoms with Crippen molar-refractivity contribution in [3.05, 3.63) is 71.8 Å². The molecule has 0 bridgehead atoms. The molecular formula is C77H124N12O15. The van der Waals surface area contributed by atoms with Gasteiger partial charge in [-0.3, -0.25) is 57.5 Å². The van der Waals surface area contributed by atoms with E-state index < -0.39 is 150 Å². The van der Waals surface area contributed by atoms with Gasteiger partial charge in [0.15, 0.2) is 6.04 Å². The third kappa shape index (κ3) is 26.5. The summed E-state index contributed by atoms with van der Waals surface area (Å²) in [5.74, 6) is -9.46. The summed E-state index contributed by atoms with van der Waals surface area (Å²) in [6, 6.07) is 3.46. The van der Waals surface area contributed by atoms with E-state index in [-0.39, 0.29) is 88.4 Å². The van der Waals surface area contributed by atoms with Crippen molar-refractivity contribution in [3.8, 4) is 0 Å². The molecule has 2 heterocycles. The van der Waals surface area contributed by atoms with Gasteiger partial charge in [-0.1, -0.05) is 116 Å². The van der Waals surface area contributed by atoms with Crippen LogP contribution in [0.1, 0.15) is 159 Å². The van der Waals surface area contributed by atoms with Crippen molar-refractivity contribution in [2.45, 2.75) is 233 Å². The summed E-state index contributed by atoms with van der Waals surface area (Å²) in [4.78, 5) is 190. The lowest BCUT2D eigenvalue weighted by Crippen LogP contribution is -2.63. The van der Waals surface area contributed by atoms with E-state index in [2.05, 4.69) is 21.3 Å². The average Bonchev–Trinajstić information content (AvgIpc) is 0.814. The first-order valence-corrected chi connectivity index (χ1v) is 37.0. The standard InChI is InChI=1S/C77H124N12O15/c1-48(2)36-40-103-46-56-71(97)88(20)62(45-55-33-26-22-27-34-55)73(99)87(19)61(44-54-31-24-21-25-32-54)67(93)79-57(47-104-77(11,12)13)72(98)86(18)60(43-51(7)8)68(94)80-64(53(10)90)75(101)83(15)52(9)70(96)85(17)59(42-50(5)6)69(95)81-65(76(102)89-38-28-23-29-39-89)74(100)82(14)37-30-35-63(91)84(16)58(41-49(3)4)66(92)78-56/h21-22,24-27,31-34,48-53,56-62,64-65,90H,23,28-30,35-47H2,1-20H3,(H,78,92)(H,79,93)(H,80,94)(H,81,95)/t52-,53+,56-,57-,58-,59-,60-,61-,62-,64-,65-/m0/s1. The van der Waals surface area contributed by atoms with Crippen molar-refractivity contribution < 1.29 is 72.1 Å². The molecule has 2 aliphatic heterocycles. The lowest BCUT2D eigenvalue weighted by Gasteiger charge is -2.38. The molecular weight excluding hydrogens is 1330 g/mol. The number of hydrogen-bond acceptors (Lipinski definition) is 15. The SMILES string of the molecule is CC(C)CCOC[C@@H]1NC(=O)[C@H](CC(C)C)N(C)C(=O)CCCN(C)C(=O)[C@@H](C(=O)N2CCCCC2)NC(=O)[C@H](CC(C)C)N(C)C(=O)[C@H](C)N(C)C(=O)[C@H]([C@@H](C)O)NC(=O)[C@H](CC(C)C)N(C)C(=O)[C@H](COC(C)(C)C)NC(=O)[C@H](Cc2ccccc2)N(C)C(=O)[C@H](Cc2ccccc2)N(C)C1=O. The number of aliphatic hydroxyl groups excluding tert-OH is 1. The Balaban J connectivity index is 1.99. The van der Waals surface area contributed by atoms with Crippen molar-refractivity contribution in [2.75, 3.05) is 88.8 Å². The minimum Gasteiger partial charge on any atom is -0.391 e. The van der Waals surface area contributed by atoms with Gasteiger partial charge in [0, 0.05) is 94.8 Å². The van der Waals surface area contributed by atoms with Crippen LogP contribution in [0.15, 0.2) is 60.7 Å². The Labute approximate surface area is 617 Å². The molecule has 11 atom stereocenters. The lowest BCUT2D eigenvalue weighted by molar-refractivity contribution is -0.152. The van der Waals surface area contributed by atoms with Crippen molar-refractivity contribution >= 4 is 70.9 Å². The first-order valence-electron chi connectivity index (χ1n) is 37.0. The predicted octanol–water partition coefficient (Wildman–Crippen LogP) is 4.05. The number of likely N-dealkylation sites (N-methyl/N-ethyl adjacent to an activating group) is 7. The van der Waals surface area contributed by atoms with E-state index >= 15 is 24.0 Å². The molecule has 0 aliphatic carbocycles. The van der Waals surface area contributed by atoms with E-state index in [0.717, 1.165) is 21.1 Å². The van der Waals surface area contributed by atoms with Gasteiger partial charge in [0.25, 0.3) is 11.8 Å². The van der Waals surface area contributed by atoms with E-state index in [1.165, 1.54) is 87.7 Å². The first kappa shape index (κ1) is 88.4. The second-order valence-corrected chi connectivity index (χ2v) is 31.0. The van der Waals surface area contributed by atoms with Crippen LogP contribution in [-0.2, 0) is 79.8 Å². The number of nitrogens with zero attached hydrogens (tertiary/aromatic N) is 8. The second kappa shape index (κ2) is 41.6. The molecule has 2 fully saturated rings. The molecule has 2 aromatic rings. The van der Waals surface area contributed by atoms with Crippen LogP contribution in [0, 0.1) is 23.7 Å². The number of rotatable bonds is 19. The topological polar surface area (TPSA) is 318 Å². The van der Waals surface area contributed by atoms with Crippen LogP contribution in [0.25, 0.3) is 0 Å². The van der Waals surface area contributed by atoms with Gasteiger partial charge in [0.05, 0.1) is 24.9 Å². The zero-order chi connectivity index (χ0) is 78.2. The molecule has 12 amide bonds. The predicted molar refractivity (Wildman–Crippen MR) is 396 cm³/mol. The fraction of sp³-hybridized carbons (Fsp3) is 0.688. The second-order valence-electron chi connectivity index (χ2n) is 31.0. The fourth-order valence-electron chi connectivity index (χ4n) is 12.6. The molecule has 0 radical (unpaired) electrons. The average molecular weight is 1460 g/mol. The third-order valence-electron chi connectivity index (χ3n) is 19.3. The summed E-state index contributed by atoms with van der Waals surface area (Å²) in [6.45, 7) is 23.0. The normalized spacial score (nSPS) is 24.8. The van der Waals surface area contributed by atoms with Gasteiger partial charge in [-0.15, -0.1) is 0 Å². The molecule has 2 saturated heterocycles. The lowest BCUT2D eigenvalue weighted by atomic mass is 9.99. The summed E-state index contributed by atoms with van der Waals surface area (Å²) in [7, 11) is 9.80. The minimum absolute atomic E-state index is 0.00353. The van der Waals surface area contributed by atoms with Gasteiger partial charge in [-0.25, -0.2) is 0 Å². The highest BCUT2D eigenvalue weighted by Crippen LogP contribution is 2.23. The molecule has 0 aromatic heterocycles. The van der Waals surface area contributed by atoms with Gasteiger partial charge in [-0.2, -0.15) is 0 Å². The molecule has 0 spiro atoms. The molecule has 27 heteroatoms. The summed E-state index contributed by atoms with van der Waals surface area (Å²) < 4.78 is 12.4. The largest absolute Gasteiger partial charge is 0.391 e. The highest BCUT2D eigenvalue weighted by atomic mass is 16.5. The van der Waals surface area contributed by atoms with Crippen LogP contribution < -0.4 is 21.3 Å². The van der Waals surface area contributed by atoms with Gasteiger partial charge in [0.2, 0.25) is 59.1 Å². The maximum atomic E-state index is 15.8. The van der Waals surface area contributed by atoms with Crippen molar-refractivity contribution in [3.63, 3.8) is 0 Å². The van der Waals surface area contributed by atoms with Crippen LogP contribution in [0.4, 0.5) is 0 Å². The van der Waals surface area contributed by atoms with Gasteiger partial charge >= 0.3 is 0 Å². The van der Waals surface area contributed by atoms with Gasteiger partial charge in [-0.05, 0) is 121 Å². The van der Waals surface area contributed by atoms with E-state index in [1.54, 1.807) is 81.4 Å². The maximum Gasteiger partial charge on any atom is 0.254 e. The number of carbonyl (C=O) groups excluding carboxylic acids is 12. The fourth-order valence-corrected chi connectivity index (χ4v) is 12.6. The van der Waals surface area contributed by atoms with Crippen LogP contribution >= 0.6 is 0 Å². The zero-order valence-corrected chi connectivity index (χ0v) is 65.7. The van der Waals surface area contributed by atoms with Crippen LogP contribution in [0.3, 0.4) is 0 Å². The molecule has 0 saturated carbocycles. The minimum atomic E-state index is -1.76. The van der Waals surface area contributed by atoms with Crippen LogP contribution in [-0.4, -0.2) is 276 Å². The van der Waals surface area contributed by atoms with Crippen LogP contribution in [0.5, 0.6) is 0 Å². The zero-order valence-electron chi connectivity index (χ0n) is 65.7. The monoisotopic (exact) mass is 1460 g/mol. The third-order valence-corrected chi connectivity index (χ3v) is 19.3. The number of nitrogens with one attached hydrogen (secondary N) is 4. The molecule has 582 valence electrons. The summed E-state index contributed by atoms with van der Waals surface area (Å²) >= 11 is 0. The Bertz CT molecular complexity index is 3180.